The number of para-hydroxylation sites is 1. The van der Waals surface area contributed by atoms with Crippen LogP contribution in [0, 0.1) is 5.92 Å². The largest absolute Gasteiger partial charge is 0.337 e. The molecule has 0 saturated carbocycles. The number of carbonyl (C=O) groups excluding carboxylic acids is 2. The summed E-state index contributed by atoms with van der Waals surface area (Å²) in [6.45, 7) is 7.74. The summed E-state index contributed by atoms with van der Waals surface area (Å²) in [5.74, 6) is 0.454. The molecule has 0 saturated heterocycles. The molecule has 1 aromatic carbocycles. The molecule has 0 aromatic heterocycles. The molecule has 1 aromatic rings. The normalized spacial score (nSPS) is 17.7. The summed E-state index contributed by atoms with van der Waals surface area (Å²) in [7, 11) is 0. The minimum atomic E-state index is -0.464. The molecule has 1 unspecified atom stereocenters. The molecule has 2 N–H and O–H groups in total. The predicted molar refractivity (Wildman–Crippen MR) is 110 cm³/mol. The number of hydrogen-bond acceptors (Lipinski definition) is 3. The van der Waals surface area contributed by atoms with E-state index in [0.29, 0.717) is 18.9 Å². The van der Waals surface area contributed by atoms with Gasteiger partial charge in [0.25, 0.3) is 0 Å². The molecule has 0 spiro atoms. The van der Waals surface area contributed by atoms with Crippen LogP contribution in [0.5, 0.6) is 0 Å². The molecule has 0 radical (unpaired) electrons. The molecule has 0 aliphatic carbocycles. The van der Waals surface area contributed by atoms with Crippen molar-refractivity contribution in [3.05, 3.63) is 29.8 Å². The molecule has 0 bridgehead atoms. The Balaban J connectivity index is 2.30. The summed E-state index contributed by atoms with van der Waals surface area (Å²) in [6, 6.07) is 7.47. The fraction of sp³-hybridized carbons (Fsp3) is 0.636. The molecule has 1 aliphatic rings. The van der Waals surface area contributed by atoms with Crippen LogP contribution in [0.15, 0.2) is 24.3 Å². The van der Waals surface area contributed by atoms with Gasteiger partial charge in [-0.05, 0) is 36.8 Å². The highest BCUT2D eigenvalue weighted by molar-refractivity contribution is 5.92. The Kier molecular flexibility index (Phi) is 8.29. The standard InChI is InChI=1S/C22H35N3O2/c1-17(2)15-20(23)22(27)24-13-9-5-4-6-10-14-25(18(3)26)21-12-8-7-11-19(21)16-24/h7-8,11-12,17,20H,4-6,9-10,13-16,23H2,1-3H3. The van der Waals surface area contributed by atoms with Gasteiger partial charge in [0.1, 0.15) is 0 Å². The van der Waals surface area contributed by atoms with Crippen molar-refractivity contribution >= 4 is 17.5 Å². The Bertz CT molecular complexity index is 630. The van der Waals surface area contributed by atoms with Crippen LogP contribution in [0.1, 0.15) is 64.9 Å². The van der Waals surface area contributed by atoms with Crippen molar-refractivity contribution in [1.29, 1.82) is 0 Å². The lowest BCUT2D eigenvalue weighted by Crippen LogP contribution is -2.44. The molecule has 5 nitrogen and oxygen atoms in total. The van der Waals surface area contributed by atoms with Gasteiger partial charge in [-0.1, -0.05) is 51.3 Å². The maximum absolute atomic E-state index is 13.0. The quantitative estimate of drug-likeness (QED) is 0.878. The van der Waals surface area contributed by atoms with Gasteiger partial charge in [-0.25, -0.2) is 0 Å². The Morgan fingerprint density at radius 1 is 1.04 bits per heavy atom. The third-order valence-corrected chi connectivity index (χ3v) is 5.19. The first kappa shape index (κ1) is 21.4. The third kappa shape index (κ3) is 6.35. The summed E-state index contributed by atoms with van der Waals surface area (Å²) >= 11 is 0. The Hall–Kier alpha value is -1.88. The summed E-state index contributed by atoms with van der Waals surface area (Å²) in [5.41, 5.74) is 8.13. The van der Waals surface area contributed by atoms with Crippen LogP contribution in [-0.2, 0) is 16.1 Å². The Morgan fingerprint density at radius 2 is 1.67 bits per heavy atom. The SMILES string of the molecule is CC(=O)N1CCCCCCCN(C(=O)C(N)CC(C)C)Cc2ccccc21. The van der Waals surface area contributed by atoms with Crippen LogP contribution < -0.4 is 10.6 Å². The van der Waals surface area contributed by atoms with E-state index in [1.54, 1.807) is 6.92 Å². The predicted octanol–water partition coefficient (Wildman–Crippen LogP) is 3.71. The second kappa shape index (κ2) is 10.5. The van der Waals surface area contributed by atoms with Gasteiger partial charge >= 0.3 is 0 Å². The highest BCUT2D eigenvalue weighted by Gasteiger charge is 2.24. The van der Waals surface area contributed by atoms with Gasteiger partial charge in [-0.15, -0.1) is 0 Å². The van der Waals surface area contributed by atoms with Gasteiger partial charge in [0.05, 0.1) is 6.04 Å². The number of carbonyl (C=O) groups is 2. The number of amides is 2. The first-order valence-electron chi connectivity index (χ1n) is 10.3. The number of benzene rings is 1. The molecule has 1 heterocycles. The number of nitrogens with zero attached hydrogens (tertiary/aromatic N) is 2. The van der Waals surface area contributed by atoms with Crippen molar-refractivity contribution in [3.8, 4) is 0 Å². The summed E-state index contributed by atoms with van der Waals surface area (Å²) in [4.78, 5) is 29.0. The van der Waals surface area contributed by atoms with Crippen LogP contribution in [0.3, 0.4) is 0 Å². The van der Waals surface area contributed by atoms with Crippen molar-refractivity contribution < 1.29 is 9.59 Å². The van der Waals surface area contributed by atoms with Crippen molar-refractivity contribution in [2.75, 3.05) is 18.0 Å². The van der Waals surface area contributed by atoms with E-state index in [1.165, 1.54) is 0 Å². The van der Waals surface area contributed by atoms with Gasteiger partial charge in [-0.2, -0.15) is 0 Å². The molecule has 0 fully saturated rings. The van der Waals surface area contributed by atoms with E-state index in [1.807, 2.05) is 34.1 Å². The second-order valence-electron chi connectivity index (χ2n) is 8.06. The van der Waals surface area contributed by atoms with Crippen molar-refractivity contribution in [1.82, 2.24) is 4.90 Å². The van der Waals surface area contributed by atoms with Gasteiger partial charge < -0.3 is 15.5 Å². The highest BCUT2D eigenvalue weighted by atomic mass is 16.2. The average Bonchev–Trinajstić information content (AvgIpc) is 2.60. The molecule has 150 valence electrons. The lowest BCUT2D eigenvalue weighted by Gasteiger charge is -2.30. The fourth-order valence-electron chi connectivity index (χ4n) is 3.77. The van der Waals surface area contributed by atoms with Crippen LogP contribution in [0.25, 0.3) is 0 Å². The van der Waals surface area contributed by atoms with Crippen LogP contribution in [-0.4, -0.2) is 35.8 Å². The number of rotatable bonds is 3. The van der Waals surface area contributed by atoms with Crippen LogP contribution in [0.2, 0.25) is 0 Å². The lowest BCUT2D eigenvalue weighted by molar-refractivity contribution is -0.133. The van der Waals surface area contributed by atoms with Crippen molar-refractivity contribution in [2.24, 2.45) is 11.7 Å². The smallest absolute Gasteiger partial charge is 0.239 e. The van der Waals surface area contributed by atoms with Crippen LogP contribution in [0.4, 0.5) is 5.69 Å². The zero-order valence-electron chi connectivity index (χ0n) is 17.1. The summed E-state index contributed by atoms with van der Waals surface area (Å²) in [5, 5.41) is 0. The second-order valence-corrected chi connectivity index (χ2v) is 8.06. The molecule has 1 aliphatic heterocycles. The van der Waals surface area contributed by atoms with Gasteiger partial charge in [-0.3, -0.25) is 9.59 Å². The Labute approximate surface area is 163 Å². The summed E-state index contributed by atoms with van der Waals surface area (Å²) < 4.78 is 0. The van der Waals surface area contributed by atoms with E-state index in [0.717, 1.165) is 56.4 Å². The minimum absolute atomic E-state index is 0.0185. The zero-order valence-corrected chi connectivity index (χ0v) is 17.1. The fourth-order valence-corrected chi connectivity index (χ4v) is 3.77. The number of nitrogens with two attached hydrogens (primary N) is 1. The zero-order chi connectivity index (χ0) is 19.8. The first-order chi connectivity index (χ1) is 12.9. The monoisotopic (exact) mass is 373 g/mol. The Morgan fingerprint density at radius 3 is 2.33 bits per heavy atom. The average molecular weight is 374 g/mol. The molecule has 5 heteroatoms. The number of hydrogen-bond donors (Lipinski definition) is 1. The lowest BCUT2D eigenvalue weighted by atomic mass is 10.0. The summed E-state index contributed by atoms with van der Waals surface area (Å²) in [6.07, 6.45) is 6.04. The van der Waals surface area contributed by atoms with Crippen molar-refractivity contribution in [2.45, 2.75) is 71.9 Å². The molecular weight excluding hydrogens is 338 g/mol. The van der Waals surface area contributed by atoms with E-state index >= 15 is 0 Å². The maximum atomic E-state index is 13.0. The van der Waals surface area contributed by atoms with Crippen molar-refractivity contribution in [3.63, 3.8) is 0 Å². The molecule has 1 atom stereocenters. The maximum Gasteiger partial charge on any atom is 0.239 e. The van der Waals surface area contributed by atoms with E-state index in [2.05, 4.69) is 13.8 Å². The topological polar surface area (TPSA) is 66.6 Å². The van der Waals surface area contributed by atoms with Crippen LogP contribution >= 0.6 is 0 Å². The third-order valence-electron chi connectivity index (χ3n) is 5.19. The van der Waals surface area contributed by atoms with E-state index < -0.39 is 6.04 Å². The first-order valence-corrected chi connectivity index (χ1v) is 10.3. The molecule has 27 heavy (non-hydrogen) atoms. The van der Waals surface area contributed by atoms with Gasteiger partial charge in [0, 0.05) is 32.2 Å². The minimum Gasteiger partial charge on any atom is -0.337 e. The number of fused-ring (bicyclic) bond motifs is 1. The highest BCUT2D eigenvalue weighted by Crippen LogP contribution is 2.24. The van der Waals surface area contributed by atoms with E-state index in [4.69, 9.17) is 5.73 Å². The molecular formula is C22H35N3O2. The molecule has 2 amide bonds. The molecule has 2 rings (SSSR count). The number of anilines is 1. The van der Waals surface area contributed by atoms with Gasteiger partial charge in [0.2, 0.25) is 11.8 Å². The van der Waals surface area contributed by atoms with E-state index in [9.17, 15) is 9.59 Å². The van der Waals surface area contributed by atoms with Gasteiger partial charge in [0.15, 0.2) is 0 Å². The van der Waals surface area contributed by atoms with E-state index in [-0.39, 0.29) is 11.8 Å².